The van der Waals surface area contributed by atoms with Crippen LogP contribution in [0.3, 0.4) is 0 Å². The largest absolute Gasteiger partial charge is 0.192 e. The summed E-state index contributed by atoms with van der Waals surface area (Å²) < 4.78 is -0.000972. The number of fused-ring (bicyclic) bond motifs is 1. The van der Waals surface area contributed by atoms with Crippen molar-refractivity contribution in [3.63, 3.8) is 0 Å². The van der Waals surface area contributed by atoms with Crippen molar-refractivity contribution in [3.05, 3.63) is 0 Å². The van der Waals surface area contributed by atoms with Gasteiger partial charge in [0.15, 0.2) is 0 Å². The van der Waals surface area contributed by atoms with Gasteiger partial charge in [-0.2, -0.15) is 12.6 Å². The highest BCUT2D eigenvalue weighted by Crippen LogP contribution is 2.43. The molecule has 0 aromatic rings. The van der Waals surface area contributed by atoms with E-state index in [9.17, 15) is 0 Å². The Kier molecular flexibility index (Phi) is 3.79. The van der Waals surface area contributed by atoms with Gasteiger partial charge in [0.25, 0.3) is 0 Å². The van der Waals surface area contributed by atoms with E-state index in [0.29, 0.717) is 5.72 Å². The van der Waals surface area contributed by atoms with Crippen LogP contribution in [0.25, 0.3) is 0 Å². The molecule has 2 aliphatic rings. The summed E-state index contributed by atoms with van der Waals surface area (Å²) in [4.78, 5) is 0. The van der Waals surface area contributed by atoms with Crippen LogP contribution in [0.5, 0.6) is 0 Å². The number of thiol groups is 1. The molecule has 0 aromatic heterocycles. The van der Waals surface area contributed by atoms with Crippen LogP contribution in [0, 0.1) is 0 Å². The molecule has 2 rings (SSSR count). The molecule has 2 atom stereocenters. The van der Waals surface area contributed by atoms with E-state index in [1.54, 1.807) is 0 Å². The summed E-state index contributed by atoms with van der Waals surface area (Å²) in [5.74, 6) is 0. The van der Waals surface area contributed by atoms with E-state index in [4.69, 9.17) is 0 Å². The van der Waals surface area contributed by atoms with E-state index in [0.717, 1.165) is 0 Å². The van der Waals surface area contributed by atoms with Crippen LogP contribution in [-0.4, -0.2) is 75.6 Å². The second kappa shape index (κ2) is 4.68. The Labute approximate surface area is 94.0 Å². The maximum absolute atomic E-state index is 4.57. The molecule has 0 aromatic carbocycles. The second-order valence-electron chi connectivity index (χ2n) is 3.29. The van der Waals surface area contributed by atoms with E-state index < -0.39 is 0 Å². The van der Waals surface area contributed by atoms with Gasteiger partial charge in [0, 0.05) is 56.6 Å². The molecule has 11 heteroatoms. The summed E-state index contributed by atoms with van der Waals surface area (Å²) in [5, 5.41) is 0. The monoisotopic (exact) mass is 168 g/mol. The minimum atomic E-state index is -0.000972. The standard InChI is InChI=1S/C2H2B10S/c13-2-1(3-2)4-6-8-10-12-11-9-7-5-2/h1,13H/t1-,2+/m0/s1. The van der Waals surface area contributed by atoms with Crippen molar-refractivity contribution in [1.29, 1.82) is 0 Å². The quantitative estimate of drug-likeness (QED) is 0.283. The Morgan fingerprint density at radius 3 is 2.23 bits per heavy atom. The molecule has 0 unspecified atom stereocenters. The fourth-order valence-electron chi connectivity index (χ4n) is 1.33. The molecule has 0 bridgehead atoms. The van der Waals surface area contributed by atoms with Crippen molar-refractivity contribution in [2.24, 2.45) is 0 Å². The smallest absolute Gasteiger partial charge is 0.111 e. The molecule has 46 valence electrons. The lowest BCUT2D eigenvalue weighted by Gasteiger charge is -2.08. The predicted molar refractivity (Wildman–Crippen MR) is 73.0 cm³/mol. The molecule has 2 saturated heterocycles. The van der Waals surface area contributed by atoms with Crippen LogP contribution in [0.15, 0.2) is 0 Å². The van der Waals surface area contributed by atoms with Crippen LogP contribution in [0.1, 0.15) is 0 Å². The fraction of sp³-hybridized carbons (Fsp3) is 1.00. The van der Waals surface area contributed by atoms with Crippen LogP contribution in [0.2, 0.25) is 5.72 Å². The van der Waals surface area contributed by atoms with Crippen molar-refractivity contribution in [3.8, 4) is 0 Å². The first-order chi connectivity index (χ1) is 6.31. The van der Waals surface area contributed by atoms with Gasteiger partial charge >= 0.3 is 0 Å². The van der Waals surface area contributed by atoms with Gasteiger partial charge < -0.3 is 0 Å². The second-order valence-corrected chi connectivity index (χ2v) is 4.06. The van der Waals surface area contributed by atoms with Crippen molar-refractivity contribution >= 4 is 83.7 Å². The minimum Gasteiger partial charge on any atom is -0.192 e. The third-order valence-corrected chi connectivity index (χ3v) is 2.82. The fourth-order valence-corrected chi connectivity index (χ4v) is 1.66. The summed E-state index contributed by atoms with van der Waals surface area (Å²) >= 11 is 4.57. The van der Waals surface area contributed by atoms with Crippen LogP contribution in [0.4, 0.5) is 0 Å². The lowest BCUT2D eigenvalue weighted by Crippen LogP contribution is -2.32. The normalized spacial score (nSPS) is 35.6. The summed E-state index contributed by atoms with van der Waals surface area (Å²) in [7, 11) is 20.8. The zero-order valence-corrected chi connectivity index (χ0v) is 8.19. The molecule has 0 saturated carbocycles. The average Bonchev–Trinajstić information content (AvgIpc) is 2.73. The maximum Gasteiger partial charge on any atom is 0.111 e. The molecule has 0 aliphatic carbocycles. The van der Waals surface area contributed by atoms with Crippen molar-refractivity contribution in [1.82, 2.24) is 0 Å². The van der Waals surface area contributed by atoms with Crippen molar-refractivity contribution in [2.75, 3.05) is 0 Å². The highest BCUT2D eigenvalue weighted by Gasteiger charge is 2.49. The predicted octanol–water partition coefficient (Wildman–Crippen LogP) is -3.29. The maximum atomic E-state index is 4.57. The van der Waals surface area contributed by atoms with Gasteiger partial charge in [-0.15, -0.1) is 5.72 Å². The highest BCUT2D eigenvalue weighted by atomic mass is 32.1. The molecule has 0 spiro atoms. The van der Waals surface area contributed by atoms with Gasteiger partial charge in [0.2, 0.25) is 0 Å². The molecular weight excluding hydrogens is 164 g/mol. The Morgan fingerprint density at radius 1 is 0.846 bits per heavy atom. The highest BCUT2D eigenvalue weighted by molar-refractivity contribution is 7.89. The van der Waals surface area contributed by atoms with Gasteiger partial charge in [-0.3, -0.25) is 0 Å². The van der Waals surface area contributed by atoms with Crippen molar-refractivity contribution in [2.45, 2.75) is 10.3 Å². The van der Waals surface area contributed by atoms with Crippen LogP contribution in [-0.2, 0) is 0 Å². The first kappa shape index (κ1) is 10.5. The zero-order valence-electron chi connectivity index (χ0n) is 7.30. The lowest BCUT2D eigenvalue weighted by molar-refractivity contribution is 1.39. The Hall–Kier alpha value is 0.999. The number of rotatable bonds is 0. The van der Waals surface area contributed by atoms with Gasteiger partial charge in [-0.25, -0.2) is 0 Å². The molecule has 2 heterocycles. The molecule has 2 aliphatic heterocycles. The van der Waals surface area contributed by atoms with Gasteiger partial charge in [-0.1, -0.05) is 4.55 Å². The average molecular weight is 166 g/mol. The van der Waals surface area contributed by atoms with Gasteiger partial charge in [0.05, 0.1) is 7.17 Å². The van der Waals surface area contributed by atoms with Crippen LogP contribution >= 0.6 is 12.6 Å². The van der Waals surface area contributed by atoms with Crippen molar-refractivity contribution < 1.29 is 0 Å². The first-order valence-corrected chi connectivity index (χ1v) is 4.87. The Morgan fingerprint density at radius 2 is 1.46 bits per heavy atom. The summed E-state index contributed by atoms with van der Waals surface area (Å²) in [6.45, 7) is 0. The van der Waals surface area contributed by atoms with E-state index >= 15 is 0 Å². The molecule has 13 heavy (non-hydrogen) atoms. The molecule has 0 nitrogen and oxygen atoms in total. The molecular formula is C2H2B10S. The summed E-state index contributed by atoms with van der Waals surface area (Å²) in [6.07, 6.45) is 0. The Bertz CT molecular complexity index is 174. The third-order valence-electron chi connectivity index (χ3n) is 2.22. The van der Waals surface area contributed by atoms with E-state index in [1.807, 2.05) is 42.4 Å². The summed E-state index contributed by atoms with van der Waals surface area (Å²) in [6, 6.07) is 0. The number of hydrogen-bond acceptors (Lipinski definition) is 1. The van der Waals surface area contributed by atoms with E-state index in [1.165, 1.54) is 0 Å². The SMILES string of the molecule is S[C@]12[B][B][B][B][B][B][B][B][B][C@@H]1[B]2. The van der Waals surface area contributed by atoms with E-state index in [-0.39, 0.29) is 4.55 Å². The molecule has 0 amide bonds. The third kappa shape index (κ3) is 2.97. The molecule has 10 radical (unpaired) electrons. The molecule has 0 N–H and O–H groups in total. The minimum absolute atomic E-state index is 0.000972. The van der Waals surface area contributed by atoms with Gasteiger partial charge in [0.1, 0.15) is 7.28 Å². The first-order valence-electron chi connectivity index (χ1n) is 4.42. The lowest BCUT2D eigenvalue weighted by atomic mass is 8.89. The number of hydrogen-bond donors (Lipinski definition) is 1. The summed E-state index contributed by atoms with van der Waals surface area (Å²) in [5.41, 5.74) is 0.489. The zero-order chi connectivity index (χ0) is 9.15. The molecule has 2 fully saturated rings. The van der Waals surface area contributed by atoms with Crippen LogP contribution < -0.4 is 0 Å². The topological polar surface area (TPSA) is 0 Å². The Balaban J connectivity index is 1.79. The van der Waals surface area contributed by atoms with E-state index in [2.05, 4.69) is 41.3 Å². The van der Waals surface area contributed by atoms with Gasteiger partial charge in [-0.05, 0) is 0 Å².